The van der Waals surface area contributed by atoms with Crippen molar-refractivity contribution in [2.45, 2.75) is 66.2 Å². The Labute approximate surface area is 126 Å². The van der Waals surface area contributed by atoms with Crippen LogP contribution in [0, 0.1) is 11.8 Å². The van der Waals surface area contributed by atoms with Crippen molar-refractivity contribution >= 4 is 6.08 Å². The van der Waals surface area contributed by atoms with Gasteiger partial charge in [0, 0.05) is 0 Å². The molecular formula is C20H32. The predicted molar refractivity (Wildman–Crippen MR) is 92.0 cm³/mol. The number of rotatable bonds is 8. The first-order valence-electron chi connectivity index (χ1n) is 8.25. The first-order chi connectivity index (χ1) is 9.49. The van der Waals surface area contributed by atoms with E-state index in [1.807, 2.05) is 0 Å². The number of benzene rings is 1. The zero-order valence-electron chi connectivity index (χ0n) is 14.0. The van der Waals surface area contributed by atoms with E-state index in [2.05, 4.69) is 71.0 Å². The number of hydrogen-bond acceptors (Lipinski definition) is 0. The zero-order valence-corrected chi connectivity index (χ0v) is 14.0. The van der Waals surface area contributed by atoms with Crippen molar-refractivity contribution in [2.75, 3.05) is 0 Å². The average molecular weight is 272 g/mol. The van der Waals surface area contributed by atoms with Gasteiger partial charge in [-0.2, -0.15) is 0 Å². The lowest BCUT2D eigenvalue weighted by Crippen LogP contribution is -1.95. The van der Waals surface area contributed by atoms with Gasteiger partial charge in [-0.15, -0.1) is 0 Å². The highest BCUT2D eigenvalue weighted by molar-refractivity contribution is 5.49. The third kappa shape index (κ3) is 6.93. The fraction of sp³-hybridized carbons (Fsp3) is 0.600. The summed E-state index contributed by atoms with van der Waals surface area (Å²) in [5, 5.41) is 0. The molecule has 1 aromatic carbocycles. The summed E-state index contributed by atoms with van der Waals surface area (Å²) in [6, 6.07) is 8.96. The molecule has 0 saturated carbocycles. The molecule has 20 heavy (non-hydrogen) atoms. The maximum absolute atomic E-state index is 2.37. The van der Waals surface area contributed by atoms with Gasteiger partial charge in [0.2, 0.25) is 0 Å². The Morgan fingerprint density at radius 2 is 1.55 bits per heavy atom. The summed E-state index contributed by atoms with van der Waals surface area (Å²) in [7, 11) is 0. The van der Waals surface area contributed by atoms with Crippen LogP contribution in [0.2, 0.25) is 0 Å². The summed E-state index contributed by atoms with van der Waals surface area (Å²) < 4.78 is 0. The van der Waals surface area contributed by atoms with Crippen LogP contribution in [0.15, 0.2) is 30.3 Å². The molecule has 112 valence electrons. The quantitative estimate of drug-likeness (QED) is 0.495. The molecule has 0 heterocycles. The molecule has 0 aliphatic heterocycles. The van der Waals surface area contributed by atoms with Crippen LogP contribution in [0.5, 0.6) is 0 Å². The zero-order chi connectivity index (χ0) is 15.0. The lowest BCUT2D eigenvalue weighted by atomic mass is 9.96. The van der Waals surface area contributed by atoms with Crippen LogP contribution < -0.4 is 0 Å². The van der Waals surface area contributed by atoms with Gasteiger partial charge in [0.1, 0.15) is 0 Å². The van der Waals surface area contributed by atoms with Gasteiger partial charge in [-0.05, 0) is 35.3 Å². The van der Waals surface area contributed by atoms with Crippen molar-refractivity contribution in [1.82, 2.24) is 0 Å². The van der Waals surface area contributed by atoms with E-state index in [9.17, 15) is 0 Å². The summed E-state index contributed by atoms with van der Waals surface area (Å²) in [6.07, 6.45) is 9.90. The maximum atomic E-state index is 2.37. The van der Waals surface area contributed by atoms with Gasteiger partial charge >= 0.3 is 0 Å². The number of allylic oxidation sites excluding steroid dienone is 1. The Bertz CT molecular complexity index is 381. The van der Waals surface area contributed by atoms with Gasteiger partial charge in [-0.3, -0.25) is 0 Å². The molecule has 0 radical (unpaired) electrons. The van der Waals surface area contributed by atoms with Crippen LogP contribution in [-0.2, 0) is 0 Å². The molecule has 0 saturated heterocycles. The predicted octanol–water partition coefficient (Wildman–Crippen LogP) is 6.68. The molecule has 0 aromatic heterocycles. The molecule has 0 nitrogen and oxygen atoms in total. The lowest BCUT2D eigenvalue weighted by Gasteiger charge is -2.09. The Kier molecular flexibility index (Phi) is 7.65. The van der Waals surface area contributed by atoms with Crippen LogP contribution >= 0.6 is 0 Å². The molecule has 0 aliphatic carbocycles. The van der Waals surface area contributed by atoms with Crippen LogP contribution in [0.4, 0.5) is 0 Å². The molecule has 1 aromatic rings. The van der Waals surface area contributed by atoms with Gasteiger partial charge in [-0.25, -0.2) is 0 Å². The van der Waals surface area contributed by atoms with Gasteiger partial charge in [0.15, 0.2) is 0 Å². The molecule has 0 N–H and O–H groups in total. The van der Waals surface area contributed by atoms with E-state index in [-0.39, 0.29) is 0 Å². The largest absolute Gasteiger partial charge is 0.0837 e. The minimum Gasteiger partial charge on any atom is -0.0837 e. The lowest BCUT2D eigenvalue weighted by molar-refractivity contribution is 0.461. The number of hydrogen-bond donors (Lipinski definition) is 0. The molecule has 0 bridgehead atoms. The van der Waals surface area contributed by atoms with Crippen LogP contribution in [0.3, 0.4) is 0 Å². The fourth-order valence-electron chi connectivity index (χ4n) is 2.42. The molecule has 1 rings (SSSR count). The summed E-state index contributed by atoms with van der Waals surface area (Å²) in [4.78, 5) is 0. The second kappa shape index (κ2) is 9.00. The monoisotopic (exact) mass is 272 g/mol. The van der Waals surface area contributed by atoms with Crippen molar-refractivity contribution in [3.63, 3.8) is 0 Å². The molecule has 1 unspecified atom stereocenters. The standard InChI is InChI=1S/C20H32/c1-16(2)8-6-9-18(5)10-7-11-19-12-14-20(15-13-19)17(3)4/h7,11-18H,6,8-10H2,1-5H3. The van der Waals surface area contributed by atoms with Crippen molar-refractivity contribution in [1.29, 1.82) is 0 Å². The molecular weight excluding hydrogens is 240 g/mol. The third-order valence-electron chi connectivity index (χ3n) is 3.93. The molecule has 0 aliphatic rings. The smallest absolute Gasteiger partial charge is 0.0219 e. The van der Waals surface area contributed by atoms with E-state index in [0.29, 0.717) is 5.92 Å². The molecule has 1 atom stereocenters. The first-order valence-corrected chi connectivity index (χ1v) is 8.25. The summed E-state index contributed by atoms with van der Waals surface area (Å²) in [6.45, 7) is 11.5. The highest BCUT2D eigenvalue weighted by Crippen LogP contribution is 2.18. The minimum absolute atomic E-state index is 0.619. The Morgan fingerprint density at radius 1 is 0.900 bits per heavy atom. The van der Waals surface area contributed by atoms with Gasteiger partial charge in [-0.1, -0.05) is 90.3 Å². The van der Waals surface area contributed by atoms with E-state index >= 15 is 0 Å². The van der Waals surface area contributed by atoms with E-state index in [1.54, 1.807) is 0 Å². The summed E-state index contributed by atoms with van der Waals surface area (Å²) in [5.41, 5.74) is 2.74. The topological polar surface area (TPSA) is 0 Å². The second-order valence-electron chi connectivity index (χ2n) is 6.89. The molecule has 0 spiro atoms. The summed E-state index contributed by atoms with van der Waals surface area (Å²) >= 11 is 0. The molecule has 0 heteroatoms. The van der Waals surface area contributed by atoms with E-state index < -0.39 is 0 Å². The van der Waals surface area contributed by atoms with Crippen LogP contribution in [0.1, 0.15) is 77.3 Å². The van der Waals surface area contributed by atoms with Crippen molar-refractivity contribution in [2.24, 2.45) is 11.8 Å². The van der Waals surface area contributed by atoms with Crippen molar-refractivity contribution in [3.05, 3.63) is 41.5 Å². The van der Waals surface area contributed by atoms with Crippen LogP contribution in [0.25, 0.3) is 6.08 Å². The van der Waals surface area contributed by atoms with E-state index in [4.69, 9.17) is 0 Å². The highest BCUT2D eigenvalue weighted by atomic mass is 14.1. The highest BCUT2D eigenvalue weighted by Gasteiger charge is 2.01. The fourth-order valence-corrected chi connectivity index (χ4v) is 2.42. The summed E-state index contributed by atoms with van der Waals surface area (Å²) in [5.74, 6) is 2.27. The van der Waals surface area contributed by atoms with Gasteiger partial charge in [0.05, 0.1) is 0 Å². The van der Waals surface area contributed by atoms with Gasteiger partial charge in [0.25, 0.3) is 0 Å². The Balaban J connectivity index is 2.33. The molecule has 0 fully saturated rings. The van der Waals surface area contributed by atoms with Gasteiger partial charge < -0.3 is 0 Å². The third-order valence-corrected chi connectivity index (χ3v) is 3.93. The molecule has 0 amide bonds. The van der Waals surface area contributed by atoms with Crippen molar-refractivity contribution < 1.29 is 0 Å². The normalized spacial score (nSPS) is 13.6. The first kappa shape index (κ1) is 17.0. The van der Waals surface area contributed by atoms with E-state index in [0.717, 1.165) is 11.8 Å². The maximum Gasteiger partial charge on any atom is -0.0219 e. The second-order valence-corrected chi connectivity index (χ2v) is 6.89. The van der Waals surface area contributed by atoms with Crippen molar-refractivity contribution in [3.8, 4) is 0 Å². The minimum atomic E-state index is 0.619. The average Bonchev–Trinajstić information content (AvgIpc) is 2.39. The Morgan fingerprint density at radius 3 is 2.10 bits per heavy atom. The van der Waals surface area contributed by atoms with Crippen LogP contribution in [-0.4, -0.2) is 0 Å². The van der Waals surface area contributed by atoms with E-state index in [1.165, 1.54) is 36.8 Å². The Hall–Kier alpha value is -1.04. The SMILES string of the molecule is CC(C)CCCC(C)CC=Cc1ccc(C(C)C)cc1.